The molecule has 2 saturated heterocycles. The summed E-state index contributed by atoms with van der Waals surface area (Å²) in [5, 5.41) is 20.9. The Morgan fingerprint density at radius 3 is 1.96 bits per heavy atom. The number of piperidine rings is 2. The molecule has 8 rings (SSSR count). The molecule has 3 heterocycles. The number of likely N-dealkylation sites (tertiary alicyclic amines) is 2. The van der Waals surface area contributed by atoms with Gasteiger partial charge in [0.05, 0.1) is 12.1 Å². The Morgan fingerprint density at radius 2 is 1.30 bits per heavy atom. The number of nitrogens with one attached hydrogen (secondary N) is 2. The van der Waals surface area contributed by atoms with Crippen molar-refractivity contribution in [3.63, 3.8) is 0 Å². The van der Waals surface area contributed by atoms with Gasteiger partial charge in [-0.2, -0.15) is 0 Å². The Morgan fingerprint density at radius 1 is 0.700 bits per heavy atom. The van der Waals surface area contributed by atoms with Crippen molar-refractivity contribution in [2.24, 2.45) is 10.7 Å². The van der Waals surface area contributed by atoms with E-state index in [1.165, 1.54) is 18.9 Å². The normalized spacial score (nSPS) is 17.6. The summed E-state index contributed by atoms with van der Waals surface area (Å²) in [5.74, 6) is -2.26. The molecule has 0 aliphatic carbocycles. The van der Waals surface area contributed by atoms with Gasteiger partial charge in [-0.15, -0.1) is 0 Å². The zero-order valence-corrected chi connectivity index (χ0v) is 27.9. The summed E-state index contributed by atoms with van der Waals surface area (Å²) in [6.07, 6.45) is 7.08. The van der Waals surface area contributed by atoms with Crippen molar-refractivity contribution in [3.05, 3.63) is 70.3 Å². The Kier molecular flexibility index (Phi) is 8.32. The largest absolute Gasteiger partial charge is 0.478 e. The van der Waals surface area contributed by atoms with Crippen LogP contribution in [0.3, 0.4) is 0 Å². The van der Waals surface area contributed by atoms with E-state index in [4.69, 9.17) is 10.7 Å². The predicted octanol–water partition coefficient (Wildman–Crippen LogP) is 4.73. The Hall–Kier alpha value is -5.13. The number of hydrogen-bond donors (Lipinski definition) is 4. The zero-order valence-electron chi connectivity index (χ0n) is 27.9. The minimum atomic E-state index is -1.16. The minimum absolute atomic E-state index is 0.00327. The van der Waals surface area contributed by atoms with Crippen molar-refractivity contribution in [3.8, 4) is 0 Å². The number of imide groups is 1. The molecule has 3 aliphatic heterocycles. The molecule has 50 heavy (non-hydrogen) atoms. The van der Waals surface area contributed by atoms with Gasteiger partial charge in [0.2, 0.25) is 0 Å². The second-order valence-electron chi connectivity index (χ2n) is 13.7. The lowest BCUT2D eigenvalue weighted by Gasteiger charge is -2.26. The summed E-state index contributed by atoms with van der Waals surface area (Å²) in [4.78, 5) is 62.5. The molecule has 11 heteroatoms. The van der Waals surface area contributed by atoms with Crippen LogP contribution >= 0.6 is 0 Å². The predicted molar refractivity (Wildman–Crippen MR) is 195 cm³/mol. The number of nitrogens with zero attached hydrogens (tertiary/aromatic N) is 3. The Labute approximate surface area is 288 Å². The van der Waals surface area contributed by atoms with Crippen molar-refractivity contribution in [1.82, 2.24) is 20.4 Å². The molecule has 2 fully saturated rings. The molecule has 0 spiro atoms. The highest BCUT2D eigenvalue weighted by molar-refractivity contribution is 6.41. The number of amides is 3. The number of carbonyl (C=O) groups is 4. The number of fused-ring (bicyclic) bond motifs is 2. The SMILES string of the molecule is NC(=NCCN1CCCCC1)c1cc(C(=O)O)c2c3ccc4c5c(ccc(c6ccc(C(=O)NCCN7CCCCC7)c1c62)c53)C(=O)NC4=O. The average molecular weight is 673 g/mol. The van der Waals surface area contributed by atoms with Crippen LogP contribution in [-0.2, 0) is 0 Å². The van der Waals surface area contributed by atoms with Crippen LogP contribution in [-0.4, -0.2) is 96.8 Å². The number of carboxylic acid groups (broad SMARTS) is 1. The Bertz CT molecular complexity index is 2230. The summed E-state index contributed by atoms with van der Waals surface area (Å²) in [5.41, 5.74) is 8.24. The van der Waals surface area contributed by atoms with Crippen LogP contribution in [0, 0.1) is 0 Å². The molecule has 256 valence electrons. The van der Waals surface area contributed by atoms with Gasteiger partial charge in [-0.25, -0.2) is 4.79 Å². The molecule has 0 aromatic heterocycles. The van der Waals surface area contributed by atoms with E-state index in [2.05, 4.69) is 20.4 Å². The maximum absolute atomic E-state index is 14.1. The van der Waals surface area contributed by atoms with E-state index >= 15 is 0 Å². The van der Waals surface area contributed by atoms with Gasteiger partial charge in [0.1, 0.15) is 5.84 Å². The zero-order chi connectivity index (χ0) is 34.5. The first kappa shape index (κ1) is 32.1. The molecule has 0 radical (unpaired) electrons. The molecule has 0 atom stereocenters. The minimum Gasteiger partial charge on any atom is -0.478 e. The number of amidine groups is 1. The van der Waals surface area contributed by atoms with Crippen molar-refractivity contribution in [2.75, 3.05) is 52.4 Å². The molecular weight excluding hydrogens is 632 g/mol. The van der Waals surface area contributed by atoms with Crippen LogP contribution in [0.4, 0.5) is 0 Å². The fraction of sp³-hybridized carbons (Fsp3) is 0.359. The number of nitrogens with two attached hydrogens (primary N) is 1. The smallest absolute Gasteiger partial charge is 0.336 e. The molecule has 11 nitrogen and oxygen atoms in total. The maximum atomic E-state index is 14.1. The maximum Gasteiger partial charge on any atom is 0.336 e. The first-order valence-electron chi connectivity index (χ1n) is 17.7. The number of aliphatic imine (C=N–C) groups is 1. The van der Waals surface area contributed by atoms with E-state index in [9.17, 15) is 24.3 Å². The van der Waals surface area contributed by atoms with Crippen molar-refractivity contribution in [2.45, 2.75) is 38.5 Å². The number of benzene rings is 5. The van der Waals surface area contributed by atoms with E-state index in [1.807, 2.05) is 12.1 Å². The number of carboxylic acids is 1. The second-order valence-corrected chi connectivity index (χ2v) is 13.7. The Balaban J connectivity index is 1.34. The summed E-state index contributed by atoms with van der Waals surface area (Å²) in [7, 11) is 0. The second kappa shape index (κ2) is 13.0. The topological polar surface area (TPSA) is 157 Å². The van der Waals surface area contributed by atoms with Gasteiger partial charge in [0.15, 0.2) is 0 Å². The average Bonchev–Trinajstić information content (AvgIpc) is 3.13. The molecule has 5 aromatic rings. The van der Waals surface area contributed by atoms with Gasteiger partial charge in [-0.05, 0) is 103 Å². The van der Waals surface area contributed by atoms with Crippen molar-refractivity contribution in [1.29, 1.82) is 0 Å². The molecule has 5 N–H and O–H groups in total. The van der Waals surface area contributed by atoms with Crippen LogP contribution in [0.15, 0.2) is 47.5 Å². The molecule has 3 amide bonds. The van der Waals surface area contributed by atoms with Gasteiger partial charge in [-0.3, -0.25) is 24.7 Å². The number of hydrogen-bond acceptors (Lipinski definition) is 7. The first-order valence-corrected chi connectivity index (χ1v) is 17.7. The standard InChI is InChI=1S/C39H40N6O5/c40-35(41-13-19-44-15-3-1-4-16-44)28-21-29(39(49)50)31-24-9-12-27-32-26(37(47)43-38(27)48)11-7-22(30(24)32)23-8-10-25(33(28)34(23)31)36(46)42-14-20-45-17-5-2-6-18-45/h7-12,21H,1-6,13-20H2,(H2,40,41)(H,42,46)(H,49,50)(H,43,47,48). The molecule has 0 bridgehead atoms. The first-order chi connectivity index (χ1) is 24.3. The lowest BCUT2D eigenvalue weighted by atomic mass is 9.81. The molecular formula is C39H40N6O5. The fourth-order valence-corrected chi connectivity index (χ4v) is 8.36. The van der Waals surface area contributed by atoms with Gasteiger partial charge < -0.3 is 26.0 Å². The molecule has 3 aliphatic rings. The third kappa shape index (κ3) is 5.41. The molecule has 0 saturated carbocycles. The van der Waals surface area contributed by atoms with E-state index < -0.39 is 17.8 Å². The molecule has 5 aromatic carbocycles. The van der Waals surface area contributed by atoms with Gasteiger partial charge >= 0.3 is 5.97 Å². The van der Waals surface area contributed by atoms with Crippen LogP contribution in [0.2, 0.25) is 0 Å². The molecule has 0 unspecified atom stereocenters. The highest BCUT2D eigenvalue weighted by Gasteiger charge is 2.30. The quantitative estimate of drug-likeness (QED) is 0.0576. The summed E-state index contributed by atoms with van der Waals surface area (Å²) < 4.78 is 0. The van der Waals surface area contributed by atoms with E-state index in [1.54, 1.807) is 24.3 Å². The van der Waals surface area contributed by atoms with Gasteiger partial charge in [-0.1, -0.05) is 31.0 Å². The van der Waals surface area contributed by atoms with Crippen LogP contribution < -0.4 is 16.4 Å². The third-order valence-electron chi connectivity index (χ3n) is 10.8. The van der Waals surface area contributed by atoms with E-state index in [-0.39, 0.29) is 17.3 Å². The van der Waals surface area contributed by atoms with E-state index in [0.717, 1.165) is 70.3 Å². The number of aromatic carboxylic acids is 1. The lowest BCUT2D eigenvalue weighted by molar-refractivity contribution is 0.0697. The van der Waals surface area contributed by atoms with Crippen LogP contribution in [0.1, 0.15) is 85.5 Å². The van der Waals surface area contributed by atoms with E-state index in [0.29, 0.717) is 73.0 Å². The summed E-state index contributed by atoms with van der Waals surface area (Å²) in [6, 6.07) is 12.0. The highest BCUT2D eigenvalue weighted by atomic mass is 16.4. The van der Waals surface area contributed by atoms with Crippen molar-refractivity contribution < 1.29 is 24.3 Å². The number of rotatable bonds is 9. The fourth-order valence-electron chi connectivity index (χ4n) is 8.36. The summed E-state index contributed by atoms with van der Waals surface area (Å²) >= 11 is 0. The highest BCUT2D eigenvalue weighted by Crippen LogP contribution is 2.46. The van der Waals surface area contributed by atoms with Crippen molar-refractivity contribution >= 4 is 72.6 Å². The lowest BCUT2D eigenvalue weighted by Crippen LogP contribution is -2.37. The van der Waals surface area contributed by atoms with Gasteiger partial charge in [0, 0.05) is 58.0 Å². The van der Waals surface area contributed by atoms with Crippen LogP contribution in [0.25, 0.3) is 43.1 Å². The monoisotopic (exact) mass is 672 g/mol. The number of carbonyl (C=O) groups excluding carboxylic acids is 3. The summed E-state index contributed by atoms with van der Waals surface area (Å²) in [6.45, 7) is 6.47. The van der Waals surface area contributed by atoms with Gasteiger partial charge in [0.25, 0.3) is 17.7 Å². The van der Waals surface area contributed by atoms with Crippen LogP contribution in [0.5, 0.6) is 0 Å². The third-order valence-corrected chi connectivity index (χ3v) is 10.8.